The van der Waals surface area contributed by atoms with Crippen molar-refractivity contribution in [3.05, 3.63) is 23.3 Å². The first-order valence-electron chi connectivity index (χ1n) is 10.8. The SMILES string of the molecule is CC(=CC(=O)N(O)CCCC(N)C(=O)OCCC(C)=CC(=O)N(O)CCC(N)C(=O)O)CCO. The first kappa shape index (κ1) is 31.2. The van der Waals surface area contributed by atoms with E-state index >= 15 is 0 Å². The largest absolute Gasteiger partial charge is 0.480 e. The molecule has 0 aromatic rings. The summed E-state index contributed by atoms with van der Waals surface area (Å²) in [5.74, 6) is -3.32. The van der Waals surface area contributed by atoms with Crippen molar-refractivity contribution in [1.29, 1.82) is 0 Å². The number of aliphatic carboxylic acids is 1. The smallest absolute Gasteiger partial charge is 0.322 e. The number of hydrogen-bond donors (Lipinski definition) is 6. The van der Waals surface area contributed by atoms with Gasteiger partial charge < -0.3 is 26.4 Å². The molecule has 34 heavy (non-hydrogen) atoms. The Balaban J connectivity index is 4.29. The van der Waals surface area contributed by atoms with Crippen molar-refractivity contribution in [2.75, 3.05) is 26.3 Å². The Morgan fingerprint density at radius 3 is 1.94 bits per heavy atom. The van der Waals surface area contributed by atoms with E-state index in [2.05, 4.69) is 0 Å². The zero-order valence-electron chi connectivity index (χ0n) is 19.6. The standard InChI is InChI=1S/C21H36N4O9/c1-14(6-10-26)12-18(27)24(32)8-3-4-17(23)21(31)34-11-7-15(2)13-19(28)25(33)9-5-16(22)20(29)30/h12-13,16-17,26,32-33H,3-11,22-23H2,1-2H3,(H,29,30). The lowest BCUT2D eigenvalue weighted by molar-refractivity contribution is -0.160. The number of aliphatic hydroxyl groups is 1. The van der Waals surface area contributed by atoms with Crippen LogP contribution in [0.5, 0.6) is 0 Å². The Bertz CT molecular complexity index is 755. The second kappa shape index (κ2) is 16.7. The molecule has 0 aliphatic rings. The van der Waals surface area contributed by atoms with Gasteiger partial charge in [0.2, 0.25) is 0 Å². The van der Waals surface area contributed by atoms with Crippen LogP contribution in [-0.4, -0.2) is 92.9 Å². The number of rotatable bonds is 16. The third-order valence-corrected chi connectivity index (χ3v) is 4.65. The average Bonchev–Trinajstić information content (AvgIpc) is 2.76. The Hall–Kier alpha value is -2.84. The summed E-state index contributed by atoms with van der Waals surface area (Å²) >= 11 is 0. The molecule has 0 spiro atoms. The second-order valence-electron chi connectivity index (χ2n) is 7.78. The number of amides is 2. The molecule has 2 atom stereocenters. The van der Waals surface area contributed by atoms with Crippen LogP contribution in [0, 0.1) is 0 Å². The summed E-state index contributed by atoms with van der Waals surface area (Å²) in [6.45, 7) is 2.78. The number of aliphatic hydroxyl groups excluding tert-OH is 1. The van der Waals surface area contributed by atoms with Gasteiger partial charge >= 0.3 is 11.9 Å². The molecule has 8 N–H and O–H groups in total. The van der Waals surface area contributed by atoms with Gasteiger partial charge in [0.15, 0.2) is 0 Å². The molecule has 0 rings (SSSR count). The predicted molar refractivity (Wildman–Crippen MR) is 119 cm³/mol. The highest BCUT2D eigenvalue weighted by molar-refractivity contribution is 5.87. The monoisotopic (exact) mass is 488 g/mol. The van der Waals surface area contributed by atoms with Gasteiger partial charge in [0.25, 0.3) is 11.8 Å². The fraction of sp³-hybridized carbons (Fsp3) is 0.619. The minimum Gasteiger partial charge on any atom is -0.480 e. The molecule has 0 fully saturated rings. The summed E-state index contributed by atoms with van der Waals surface area (Å²) in [6.07, 6.45) is 3.15. The summed E-state index contributed by atoms with van der Waals surface area (Å²) < 4.78 is 5.06. The molecule has 0 aliphatic heterocycles. The maximum atomic E-state index is 12.0. The lowest BCUT2D eigenvalue weighted by atomic mass is 10.1. The Morgan fingerprint density at radius 1 is 0.882 bits per heavy atom. The van der Waals surface area contributed by atoms with Crippen molar-refractivity contribution >= 4 is 23.8 Å². The molecule has 0 aliphatic carbocycles. The molecular weight excluding hydrogens is 452 g/mol. The molecule has 2 unspecified atom stereocenters. The minimum atomic E-state index is -1.24. The van der Waals surface area contributed by atoms with E-state index in [0.717, 1.165) is 6.08 Å². The van der Waals surface area contributed by atoms with Crippen molar-refractivity contribution in [2.45, 2.75) is 58.0 Å². The summed E-state index contributed by atoms with van der Waals surface area (Å²) in [4.78, 5) is 46.3. The van der Waals surface area contributed by atoms with Crippen LogP contribution < -0.4 is 11.5 Å². The van der Waals surface area contributed by atoms with Gasteiger partial charge in [0.05, 0.1) is 13.2 Å². The van der Waals surface area contributed by atoms with E-state index in [-0.39, 0.29) is 52.0 Å². The molecule has 0 aromatic heterocycles. The third kappa shape index (κ3) is 13.6. The van der Waals surface area contributed by atoms with E-state index in [1.165, 1.54) is 6.08 Å². The number of nitrogens with zero attached hydrogens (tertiary/aromatic N) is 2. The normalized spacial score (nSPS) is 13.7. The molecule has 0 heterocycles. The lowest BCUT2D eigenvalue weighted by Gasteiger charge is -2.16. The van der Waals surface area contributed by atoms with E-state index in [9.17, 15) is 29.6 Å². The van der Waals surface area contributed by atoms with Crippen molar-refractivity contribution in [1.82, 2.24) is 10.1 Å². The molecule has 0 bridgehead atoms. The van der Waals surface area contributed by atoms with Crippen LogP contribution in [0.15, 0.2) is 23.3 Å². The maximum absolute atomic E-state index is 12.0. The highest BCUT2D eigenvalue weighted by Crippen LogP contribution is 2.06. The van der Waals surface area contributed by atoms with Crippen LogP contribution in [0.25, 0.3) is 0 Å². The van der Waals surface area contributed by atoms with E-state index < -0.39 is 35.8 Å². The van der Waals surface area contributed by atoms with Crippen LogP contribution in [-0.2, 0) is 23.9 Å². The number of carbonyl (C=O) groups is 4. The molecule has 0 saturated carbocycles. The van der Waals surface area contributed by atoms with Gasteiger partial charge in [-0.15, -0.1) is 0 Å². The molecule has 13 nitrogen and oxygen atoms in total. The predicted octanol–water partition coefficient (Wildman–Crippen LogP) is -0.460. The number of esters is 1. The number of hydroxylamine groups is 4. The van der Waals surface area contributed by atoms with E-state index in [4.69, 9.17) is 26.4 Å². The molecule has 2 amide bonds. The molecule has 194 valence electrons. The van der Waals surface area contributed by atoms with Gasteiger partial charge in [-0.3, -0.25) is 29.6 Å². The van der Waals surface area contributed by atoms with Crippen LogP contribution in [0.2, 0.25) is 0 Å². The van der Waals surface area contributed by atoms with Crippen LogP contribution in [0.4, 0.5) is 0 Å². The Morgan fingerprint density at radius 2 is 1.41 bits per heavy atom. The first-order valence-corrected chi connectivity index (χ1v) is 10.8. The topological polar surface area (TPSA) is 217 Å². The van der Waals surface area contributed by atoms with Gasteiger partial charge in [-0.05, 0) is 39.5 Å². The highest BCUT2D eigenvalue weighted by Gasteiger charge is 2.17. The van der Waals surface area contributed by atoms with E-state index in [0.29, 0.717) is 27.7 Å². The zero-order chi connectivity index (χ0) is 26.3. The van der Waals surface area contributed by atoms with Crippen molar-refractivity contribution in [2.24, 2.45) is 11.5 Å². The molecule has 0 aromatic carbocycles. The minimum absolute atomic E-state index is 0.0400. The van der Waals surface area contributed by atoms with Crippen molar-refractivity contribution in [3.63, 3.8) is 0 Å². The van der Waals surface area contributed by atoms with Crippen molar-refractivity contribution in [3.8, 4) is 0 Å². The zero-order valence-corrected chi connectivity index (χ0v) is 19.6. The van der Waals surface area contributed by atoms with Crippen molar-refractivity contribution < 1.29 is 44.5 Å². The quantitative estimate of drug-likeness (QED) is 0.0706. The fourth-order valence-corrected chi connectivity index (χ4v) is 2.49. The second-order valence-corrected chi connectivity index (χ2v) is 7.78. The van der Waals surface area contributed by atoms with Gasteiger partial charge in [-0.1, -0.05) is 11.1 Å². The number of carbonyl (C=O) groups excluding carboxylic acids is 3. The summed E-state index contributed by atoms with van der Waals surface area (Å²) in [5, 5.41) is 37.7. The van der Waals surface area contributed by atoms with Gasteiger partial charge in [-0.25, -0.2) is 10.1 Å². The summed E-state index contributed by atoms with van der Waals surface area (Å²) in [5.41, 5.74) is 12.2. The third-order valence-electron chi connectivity index (χ3n) is 4.65. The first-order chi connectivity index (χ1) is 15.9. The number of nitrogens with two attached hydrogens (primary N) is 2. The van der Waals surface area contributed by atoms with Crippen LogP contribution in [0.1, 0.15) is 46.0 Å². The van der Waals surface area contributed by atoms with Crippen LogP contribution in [0.3, 0.4) is 0 Å². The van der Waals surface area contributed by atoms with Gasteiger partial charge in [0, 0.05) is 31.7 Å². The Labute approximate surface area is 198 Å². The number of carboxylic acids is 1. The summed E-state index contributed by atoms with van der Waals surface area (Å²) in [7, 11) is 0. The average molecular weight is 489 g/mol. The van der Waals surface area contributed by atoms with Gasteiger partial charge in [-0.2, -0.15) is 0 Å². The highest BCUT2D eigenvalue weighted by atomic mass is 16.5. The molecule has 0 radical (unpaired) electrons. The molecular formula is C21H36N4O9. The maximum Gasteiger partial charge on any atom is 0.322 e. The lowest BCUT2D eigenvalue weighted by Crippen LogP contribution is -2.36. The number of hydrogen-bond acceptors (Lipinski definition) is 10. The molecule has 0 saturated heterocycles. The molecule has 13 heteroatoms. The number of ether oxygens (including phenoxy) is 1. The van der Waals surface area contributed by atoms with Gasteiger partial charge in [0.1, 0.15) is 12.1 Å². The van der Waals surface area contributed by atoms with E-state index in [1.807, 2.05) is 0 Å². The van der Waals surface area contributed by atoms with Crippen LogP contribution >= 0.6 is 0 Å². The van der Waals surface area contributed by atoms with E-state index in [1.54, 1.807) is 13.8 Å². The summed E-state index contributed by atoms with van der Waals surface area (Å²) in [6, 6.07) is -2.16. The Kier molecular flexibility index (Phi) is 15.3. The fourth-order valence-electron chi connectivity index (χ4n) is 2.49. The number of carboxylic acid groups (broad SMARTS) is 1.